The van der Waals surface area contributed by atoms with Crippen LogP contribution in [-0.4, -0.2) is 6.10 Å². The van der Waals surface area contributed by atoms with Gasteiger partial charge in [0.05, 0.1) is 0 Å². The maximum atomic E-state index is 13.4. The molecule has 0 aliphatic rings. The second kappa shape index (κ2) is 5.57. The van der Waals surface area contributed by atoms with Gasteiger partial charge < -0.3 is 4.74 Å². The van der Waals surface area contributed by atoms with E-state index < -0.39 is 11.9 Å². The van der Waals surface area contributed by atoms with Gasteiger partial charge in [0, 0.05) is 5.88 Å². The average molecular weight is 228 g/mol. The highest BCUT2D eigenvalue weighted by molar-refractivity contribution is 6.17. The topological polar surface area (TPSA) is 33.0 Å². The van der Waals surface area contributed by atoms with E-state index in [1.807, 2.05) is 6.07 Å². The molecule has 80 valence electrons. The number of halogens is 2. The van der Waals surface area contributed by atoms with E-state index in [1.54, 1.807) is 13.0 Å². The summed E-state index contributed by atoms with van der Waals surface area (Å²) in [6.45, 7) is 1.80. The van der Waals surface area contributed by atoms with Crippen LogP contribution in [0.4, 0.5) is 4.39 Å². The fourth-order valence-electron chi connectivity index (χ4n) is 1.08. The van der Waals surface area contributed by atoms with E-state index in [0.29, 0.717) is 12.0 Å². The van der Waals surface area contributed by atoms with Crippen molar-refractivity contribution in [2.75, 3.05) is 0 Å². The Labute approximate surface area is 93.2 Å². The van der Waals surface area contributed by atoms with Gasteiger partial charge >= 0.3 is 0 Å². The molecule has 0 amide bonds. The maximum Gasteiger partial charge on any atom is 0.184 e. The molecular formula is C11H11ClFNO. The first kappa shape index (κ1) is 11.8. The summed E-state index contributed by atoms with van der Waals surface area (Å²) in [5.74, 6) is -0.133. The van der Waals surface area contributed by atoms with E-state index in [0.717, 1.165) is 0 Å². The predicted octanol–water partition coefficient (Wildman–Crippen LogP) is 3.25. The molecule has 0 spiro atoms. The summed E-state index contributed by atoms with van der Waals surface area (Å²) in [6, 6.07) is 6.42. The van der Waals surface area contributed by atoms with Gasteiger partial charge in [-0.15, -0.1) is 11.6 Å². The largest absolute Gasteiger partial charge is 0.473 e. The normalized spacial score (nSPS) is 11.9. The van der Waals surface area contributed by atoms with E-state index >= 15 is 0 Å². The van der Waals surface area contributed by atoms with Gasteiger partial charge in [-0.1, -0.05) is 13.0 Å². The van der Waals surface area contributed by atoms with Gasteiger partial charge in [-0.25, -0.2) is 4.39 Å². The van der Waals surface area contributed by atoms with Crippen molar-refractivity contribution in [1.29, 1.82) is 5.26 Å². The fraction of sp³-hybridized carbons (Fsp3) is 0.364. The predicted molar refractivity (Wildman–Crippen MR) is 56.3 cm³/mol. The molecule has 1 rings (SSSR count). The summed E-state index contributed by atoms with van der Waals surface area (Å²) in [5, 5.41) is 8.66. The third kappa shape index (κ3) is 3.10. The minimum Gasteiger partial charge on any atom is -0.473 e. The Morgan fingerprint density at radius 2 is 2.33 bits per heavy atom. The summed E-state index contributed by atoms with van der Waals surface area (Å²) in [5.41, 5.74) is 0.687. The van der Waals surface area contributed by atoms with Crippen molar-refractivity contribution in [3.8, 4) is 11.8 Å². The van der Waals surface area contributed by atoms with Crippen molar-refractivity contribution in [1.82, 2.24) is 0 Å². The SMILES string of the molecule is CCC(C#N)Oc1ccc(CCl)cc1F. The molecule has 0 aliphatic carbocycles. The lowest BCUT2D eigenvalue weighted by molar-refractivity contribution is 0.240. The zero-order valence-corrected chi connectivity index (χ0v) is 9.09. The first-order chi connectivity index (χ1) is 7.21. The van der Waals surface area contributed by atoms with Crippen LogP contribution in [0.3, 0.4) is 0 Å². The number of hydrogen-bond acceptors (Lipinski definition) is 2. The van der Waals surface area contributed by atoms with Gasteiger partial charge in [0.25, 0.3) is 0 Å². The third-order valence-electron chi connectivity index (χ3n) is 1.93. The summed E-state index contributed by atoms with van der Waals surface area (Å²) in [7, 11) is 0. The maximum absolute atomic E-state index is 13.4. The molecular weight excluding hydrogens is 217 g/mol. The molecule has 0 saturated carbocycles. The number of benzene rings is 1. The molecule has 0 bridgehead atoms. The number of hydrogen-bond donors (Lipinski definition) is 0. The lowest BCUT2D eigenvalue weighted by Crippen LogP contribution is -2.13. The highest BCUT2D eigenvalue weighted by Crippen LogP contribution is 2.20. The molecule has 1 atom stereocenters. The van der Waals surface area contributed by atoms with Crippen molar-refractivity contribution in [2.45, 2.75) is 25.3 Å². The van der Waals surface area contributed by atoms with Gasteiger partial charge in [0.15, 0.2) is 17.7 Å². The van der Waals surface area contributed by atoms with E-state index in [4.69, 9.17) is 21.6 Å². The number of nitriles is 1. The van der Waals surface area contributed by atoms with Crippen molar-refractivity contribution >= 4 is 11.6 Å². The summed E-state index contributed by atoms with van der Waals surface area (Å²) in [6.07, 6.45) is -0.0888. The van der Waals surface area contributed by atoms with E-state index in [1.165, 1.54) is 12.1 Å². The Kier molecular flexibility index (Phi) is 4.38. The molecule has 4 heteroatoms. The summed E-state index contributed by atoms with van der Waals surface area (Å²) >= 11 is 5.55. The van der Waals surface area contributed by atoms with Crippen LogP contribution in [-0.2, 0) is 5.88 Å². The van der Waals surface area contributed by atoms with E-state index in [2.05, 4.69) is 0 Å². The molecule has 1 aromatic rings. The molecule has 0 fully saturated rings. The minimum atomic E-state index is -0.610. The third-order valence-corrected chi connectivity index (χ3v) is 2.24. The van der Waals surface area contributed by atoms with Gasteiger partial charge in [0.1, 0.15) is 6.07 Å². The van der Waals surface area contributed by atoms with Crippen LogP contribution in [0.2, 0.25) is 0 Å². The minimum absolute atomic E-state index is 0.0947. The van der Waals surface area contributed by atoms with Gasteiger partial charge in [-0.2, -0.15) is 5.26 Å². The van der Waals surface area contributed by atoms with Crippen LogP contribution in [0, 0.1) is 17.1 Å². The highest BCUT2D eigenvalue weighted by atomic mass is 35.5. The second-order valence-electron chi connectivity index (χ2n) is 3.04. The van der Waals surface area contributed by atoms with Crippen molar-refractivity contribution in [3.63, 3.8) is 0 Å². The van der Waals surface area contributed by atoms with Crippen LogP contribution in [0.15, 0.2) is 18.2 Å². The molecule has 0 radical (unpaired) electrons. The fourth-order valence-corrected chi connectivity index (χ4v) is 1.24. The number of nitrogens with zero attached hydrogens (tertiary/aromatic N) is 1. The summed E-state index contributed by atoms with van der Waals surface area (Å²) in [4.78, 5) is 0. The second-order valence-corrected chi connectivity index (χ2v) is 3.31. The number of alkyl halides is 1. The van der Waals surface area contributed by atoms with Crippen LogP contribution in [0.1, 0.15) is 18.9 Å². The number of ether oxygens (including phenoxy) is 1. The zero-order valence-electron chi connectivity index (χ0n) is 8.34. The van der Waals surface area contributed by atoms with Crippen LogP contribution in [0.5, 0.6) is 5.75 Å². The van der Waals surface area contributed by atoms with Crippen molar-refractivity contribution in [3.05, 3.63) is 29.6 Å². The Morgan fingerprint density at radius 1 is 1.60 bits per heavy atom. The van der Waals surface area contributed by atoms with Crippen LogP contribution >= 0.6 is 11.6 Å². The zero-order chi connectivity index (χ0) is 11.3. The molecule has 0 aromatic heterocycles. The molecule has 1 aromatic carbocycles. The first-order valence-electron chi connectivity index (χ1n) is 4.62. The van der Waals surface area contributed by atoms with Crippen molar-refractivity contribution in [2.24, 2.45) is 0 Å². The Bertz CT molecular complexity index is 375. The van der Waals surface area contributed by atoms with Crippen molar-refractivity contribution < 1.29 is 9.13 Å². The smallest absolute Gasteiger partial charge is 0.184 e. The van der Waals surface area contributed by atoms with E-state index in [9.17, 15) is 4.39 Å². The highest BCUT2D eigenvalue weighted by Gasteiger charge is 2.10. The lowest BCUT2D eigenvalue weighted by atomic mass is 10.2. The first-order valence-corrected chi connectivity index (χ1v) is 5.15. The molecule has 0 N–H and O–H groups in total. The molecule has 0 saturated heterocycles. The summed E-state index contributed by atoms with van der Waals surface area (Å²) < 4.78 is 18.5. The molecule has 2 nitrogen and oxygen atoms in total. The molecule has 0 aliphatic heterocycles. The molecule has 1 unspecified atom stereocenters. The molecule has 0 heterocycles. The lowest BCUT2D eigenvalue weighted by Gasteiger charge is -2.11. The monoisotopic (exact) mass is 227 g/mol. The van der Waals surface area contributed by atoms with Crippen LogP contribution in [0.25, 0.3) is 0 Å². The van der Waals surface area contributed by atoms with Crippen LogP contribution < -0.4 is 4.74 Å². The molecule has 15 heavy (non-hydrogen) atoms. The Morgan fingerprint density at radius 3 is 2.80 bits per heavy atom. The Balaban J connectivity index is 2.83. The Hall–Kier alpha value is -1.27. The van der Waals surface area contributed by atoms with Gasteiger partial charge in [-0.05, 0) is 24.1 Å². The number of rotatable bonds is 4. The quantitative estimate of drug-likeness (QED) is 0.740. The van der Waals surface area contributed by atoms with E-state index in [-0.39, 0.29) is 11.6 Å². The standard InChI is InChI=1S/C11H11ClFNO/c1-2-9(7-14)15-11-4-3-8(6-12)5-10(11)13/h3-5,9H,2,6H2,1H3. The average Bonchev–Trinajstić information content (AvgIpc) is 2.27. The van der Waals surface area contributed by atoms with Gasteiger partial charge in [-0.3, -0.25) is 0 Å². The van der Waals surface area contributed by atoms with Gasteiger partial charge in [0.2, 0.25) is 0 Å².